The van der Waals surface area contributed by atoms with Gasteiger partial charge in [-0.2, -0.15) is 0 Å². The van der Waals surface area contributed by atoms with Crippen LogP contribution in [0.3, 0.4) is 0 Å². The Morgan fingerprint density at radius 1 is 1.44 bits per heavy atom. The summed E-state index contributed by atoms with van der Waals surface area (Å²) >= 11 is 3.58. The maximum atomic E-state index is 4.77. The van der Waals surface area contributed by atoms with Crippen molar-refractivity contribution in [2.24, 2.45) is 0 Å². The van der Waals surface area contributed by atoms with Crippen LogP contribution in [0.15, 0.2) is 22.9 Å². The average molecular weight is 250 g/mol. The van der Waals surface area contributed by atoms with Crippen molar-refractivity contribution < 1.29 is 0 Å². The van der Waals surface area contributed by atoms with E-state index >= 15 is 0 Å². The molecule has 0 radical (unpaired) electrons. The summed E-state index contributed by atoms with van der Waals surface area (Å²) in [5.41, 5.74) is 1.16. The molecule has 1 atom stereocenters. The number of rotatable bonds is 2. The van der Waals surface area contributed by atoms with E-state index in [1.807, 2.05) is 11.3 Å². The molecule has 0 N–H and O–H groups in total. The van der Waals surface area contributed by atoms with Gasteiger partial charge in [-0.25, -0.2) is 4.98 Å². The van der Waals surface area contributed by atoms with Crippen LogP contribution in [0.1, 0.15) is 17.3 Å². The standard InChI is InChI=1S/C12H14N2S2/c1-14-5-4-9(7-14)12-13-10(8-16-12)11-3-2-6-15-11/h2-3,6,8-9H,4-5,7H2,1H3. The Morgan fingerprint density at radius 3 is 3.06 bits per heavy atom. The topological polar surface area (TPSA) is 16.1 Å². The van der Waals surface area contributed by atoms with E-state index in [4.69, 9.17) is 4.98 Å². The lowest BCUT2D eigenvalue weighted by Crippen LogP contribution is -2.13. The molecule has 0 aromatic carbocycles. The van der Waals surface area contributed by atoms with Gasteiger partial charge in [0.05, 0.1) is 15.6 Å². The van der Waals surface area contributed by atoms with E-state index in [1.165, 1.54) is 22.9 Å². The third-order valence-electron chi connectivity index (χ3n) is 3.04. The highest BCUT2D eigenvalue weighted by Crippen LogP contribution is 2.32. The third kappa shape index (κ3) is 1.93. The SMILES string of the molecule is CN1CCC(c2nc(-c3cccs3)cs2)C1. The van der Waals surface area contributed by atoms with Crippen LogP contribution < -0.4 is 0 Å². The summed E-state index contributed by atoms with van der Waals surface area (Å²) in [7, 11) is 2.19. The van der Waals surface area contributed by atoms with Crippen molar-refractivity contribution in [3.63, 3.8) is 0 Å². The van der Waals surface area contributed by atoms with Crippen LogP contribution in [0, 0.1) is 0 Å². The first kappa shape index (κ1) is 10.4. The highest BCUT2D eigenvalue weighted by molar-refractivity contribution is 7.14. The number of hydrogen-bond acceptors (Lipinski definition) is 4. The average Bonchev–Trinajstić information content (AvgIpc) is 2.97. The molecule has 0 saturated carbocycles. The highest BCUT2D eigenvalue weighted by atomic mass is 32.1. The van der Waals surface area contributed by atoms with E-state index in [0.29, 0.717) is 5.92 Å². The van der Waals surface area contributed by atoms with Gasteiger partial charge < -0.3 is 4.90 Å². The first-order valence-electron chi connectivity index (χ1n) is 5.51. The lowest BCUT2D eigenvalue weighted by molar-refractivity contribution is 0.411. The van der Waals surface area contributed by atoms with Crippen LogP contribution in [-0.4, -0.2) is 30.0 Å². The zero-order valence-corrected chi connectivity index (χ0v) is 10.9. The summed E-state index contributed by atoms with van der Waals surface area (Å²) in [5.74, 6) is 0.656. The Hall–Kier alpha value is -0.710. The van der Waals surface area contributed by atoms with Gasteiger partial charge in [0.25, 0.3) is 0 Å². The largest absolute Gasteiger partial charge is 0.306 e. The summed E-state index contributed by atoms with van der Waals surface area (Å²) in [4.78, 5) is 8.44. The minimum absolute atomic E-state index is 0.656. The second kappa shape index (κ2) is 4.28. The van der Waals surface area contributed by atoms with E-state index in [-0.39, 0.29) is 0 Å². The van der Waals surface area contributed by atoms with Crippen LogP contribution in [0.4, 0.5) is 0 Å². The Balaban J connectivity index is 1.83. The van der Waals surface area contributed by atoms with Crippen molar-refractivity contribution in [1.82, 2.24) is 9.88 Å². The fourth-order valence-corrected chi connectivity index (χ4v) is 3.86. The molecule has 3 heterocycles. The normalized spacial score (nSPS) is 21.7. The van der Waals surface area contributed by atoms with Gasteiger partial charge in [0, 0.05) is 17.8 Å². The van der Waals surface area contributed by atoms with Gasteiger partial charge in [0.15, 0.2) is 0 Å². The number of hydrogen-bond donors (Lipinski definition) is 0. The maximum absolute atomic E-state index is 4.77. The van der Waals surface area contributed by atoms with Crippen molar-refractivity contribution in [3.8, 4) is 10.6 Å². The number of thiophene rings is 1. The van der Waals surface area contributed by atoms with Gasteiger partial charge >= 0.3 is 0 Å². The molecule has 1 aliphatic heterocycles. The predicted octanol–water partition coefficient (Wildman–Crippen LogP) is 3.29. The second-order valence-corrected chi connectivity index (χ2v) is 6.13. The smallest absolute Gasteiger partial charge is 0.0977 e. The molecular formula is C12H14N2S2. The summed E-state index contributed by atoms with van der Waals surface area (Å²) in [6.07, 6.45) is 1.26. The first-order chi connectivity index (χ1) is 7.83. The Bertz CT molecular complexity index is 461. The van der Waals surface area contributed by atoms with Crippen molar-refractivity contribution in [2.45, 2.75) is 12.3 Å². The molecule has 4 heteroatoms. The first-order valence-corrected chi connectivity index (χ1v) is 7.27. The molecule has 16 heavy (non-hydrogen) atoms. The number of thiazole rings is 1. The molecule has 84 valence electrons. The lowest BCUT2D eigenvalue weighted by Gasteiger charge is -2.06. The van der Waals surface area contributed by atoms with Crippen molar-refractivity contribution in [1.29, 1.82) is 0 Å². The number of likely N-dealkylation sites (tertiary alicyclic amines) is 1. The van der Waals surface area contributed by atoms with Gasteiger partial charge in [-0.1, -0.05) is 6.07 Å². The van der Waals surface area contributed by atoms with E-state index in [2.05, 4.69) is 34.8 Å². The predicted molar refractivity (Wildman–Crippen MR) is 70.3 cm³/mol. The van der Waals surface area contributed by atoms with Crippen LogP contribution >= 0.6 is 22.7 Å². The molecule has 1 saturated heterocycles. The van der Waals surface area contributed by atoms with Crippen molar-refractivity contribution in [2.75, 3.05) is 20.1 Å². The molecular weight excluding hydrogens is 236 g/mol. The summed E-state index contributed by atoms with van der Waals surface area (Å²) in [5, 5.41) is 5.62. The monoisotopic (exact) mass is 250 g/mol. The molecule has 2 nitrogen and oxygen atoms in total. The summed E-state index contributed by atoms with van der Waals surface area (Å²) in [6.45, 7) is 2.37. The van der Waals surface area contributed by atoms with Crippen molar-refractivity contribution >= 4 is 22.7 Å². The zero-order valence-electron chi connectivity index (χ0n) is 9.22. The second-order valence-electron chi connectivity index (χ2n) is 4.30. The van der Waals surface area contributed by atoms with Crippen LogP contribution in [0.25, 0.3) is 10.6 Å². The van der Waals surface area contributed by atoms with Gasteiger partial charge in [0.1, 0.15) is 0 Å². The molecule has 0 amide bonds. The molecule has 2 aromatic heterocycles. The van der Waals surface area contributed by atoms with E-state index < -0.39 is 0 Å². The van der Waals surface area contributed by atoms with Crippen LogP contribution in [-0.2, 0) is 0 Å². The fraction of sp³-hybridized carbons (Fsp3) is 0.417. The maximum Gasteiger partial charge on any atom is 0.0977 e. The molecule has 0 bridgehead atoms. The van der Waals surface area contributed by atoms with Crippen LogP contribution in [0.5, 0.6) is 0 Å². The molecule has 2 aromatic rings. The van der Waals surface area contributed by atoms with E-state index in [9.17, 15) is 0 Å². The van der Waals surface area contributed by atoms with Gasteiger partial charge in [-0.05, 0) is 31.5 Å². The summed E-state index contributed by atoms with van der Waals surface area (Å²) < 4.78 is 0. The van der Waals surface area contributed by atoms with E-state index in [0.717, 1.165) is 12.2 Å². The molecule has 1 fully saturated rings. The number of likely N-dealkylation sites (N-methyl/N-ethyl adjacent to an activating group) is 1. The third-order valence-corrected chi connectivity index (χ3v) is 4.94. The minimum Gasteiger partial charge on any atom is -0.306 e. The lowest BCUT2D eigenvalue weighted by atomic mass is 10.1. The quantitative estimate of drug-likeness (QED) is 0.813. The van der Waals surface area contributed by atoms with Crippen LogP contribution in [0.2, 0.25) is 0 Å². The molecule has 0 aliphatic carbocycles. The Morgan fingerprint density at radius 2 is 2.38 bits per heavy atom. The molecule has 1 aliphatic rings. The Labute approximate surface area is 104 Å². The molecule has 1 unspecified atom stereocenters. The molecule has 3 rings (SSSR count). The Kier molecular flexibility index (Phi) is 2.79. The molecule has 0 spiro atoms. The highest BCUT2D eigenvalue weighted by Gasteiger charge is 2.23. The van der Waals surface area contributed by atoms with Crippen molar-refractivity contribution in [3.05, 3.63) is 27.9 Å². The number of nitrogens with zero attached hydrogens (tertiary/aromatic N) is 2. The fourth-order valence-electron chi connectivity index (χ4n) is 2.15. The van der Waals surface area contributed by atoms with Gasteiger partial charge in [-0.3, -0.25) is 0 Å². The van der Waals surface area contributed by atoms with Gasteiger partial charge in [0.2, 0.25) is 0 Å². The zero-order chi connectivity index (χ0) is 11.0. The number of aromatic nitrogens is 1. The summed E-state index contributed by atoms with van der Waals surface area (Å²) in [6, 6.07) is 4.23. The minimum atomic E-state index is 0.656. The van der Waals surface area contributed by atoms with Gasteiger partial charge in [-0.15, -0.1) is 22.7 Å². The van der Waals surface area contributed by atoms with E-state index in [1.54, 1.807) is 11.3 Å².